The maximum absolute atomic E-state index is 13.3. The average molecular weight is 444 g/mol. The number of hydrogen-bond donors (Lipinski definition) is 2. The number of nitrogens with one attached hydrogen (secondary N) is 1. The molecule has 2 heterocycles. The molecule has 0 aliphatic carbocycles. The molecule has 3 N–H and O–H groups in total. The first-order valence-corrected chi connectivity index (χ1v) is 10.6. The summed E-state index contributed by atoms with van der Waals surface area (Å²) in [5.41, 5.74) is 8.66. The van der Waals surface area contributed by atoms with Gasteiger partial charge in [-0.2, -0.15) is 0 Å². The summed E-state index contributed by atoms with van der Waals surface area (Å²) in [6.45, 7) is 4.57. The number of benzene rings is 2. The van der Waals surface area contributed by atoms with E-state index in [2.05, 4.69) is 15.3 Å². The summed E-state index contributed by atoms with van der Waals surface area (Å²) >= 11 is 0. The van der Waals surface area contributed by atoms with Crippen molar-refractivity contribution < 1.29 is 9.53 Å². The summed E-state index contributed by atoms with van der Waals surface area (Å²) in [4.78, 5) is 34.7. The van der Waals surface area contributed by atoms with Crippen LogP contribution in [-0.2, 0) is 0 Å². The van der Waals surface area contributed by atoms with Crippen molar-refractivity contribution in [3.05, 3.63) is 76.7 Å². The van der Waals surface area contributed by atoms with Crippen molar-refractivity contribution in [1.29, 1.82) is 0 Å². The summed E-state index contributed by atoms with van der Waals surface area (Å²) in [7, 11) is 1.47. The van der Waals surface area contributed by atoms with E-state index in [1.165, 1.54) is 11.7 Å². The molecule has 0 saturated carbocycles. The number of carbonyl (C=O) groups is 1. The minimum Gasteiger partial charge on any atom is -0.480 e. The molecule has 0 bridgehead atoms. The molecule has 0 aliphatic rings. The standard InChI is InChI=1S/C25H25N5O3/c1-15(2)13-27-22(31)20-12-17(14-28-23(20)33-3)16-9-10-21-19(11-16)24(32)30(25(26)29-21)18-7-5-4-6-8-18/h4-12,14-15H,13H2,1-3H3,(H2,26,29)(H,27,31). The third-order valence-electron chi connectivity index (χ3n) is 5.20. The number of carbonyl (C=O) groups excluding carboxylic acids is 1. The SMILES string of the molecule is COc1ncc(-c2ccc3nc(N)n(-c4ccccc4)c(=O)c3c2)cc1C(=O)NCC(C)C. The minimum atomic E-state index is -0.276. The molecule has 8 heteroatoms. The fraction of sp³-hybridized carbons (Fsp3) is 0.200. The number of fused-ring (bicyclic) bond motifs is 1. The van der Waals surface area contributed by atoms with Crippen LogP contribution in [0.2, 0.25) is 0 Å². The van der Waals surface area contributed by atoms with Gasteiger partial charge in [0.15, 0.2) is 0 Å². The number of methoxy groups -OCH3 is 1. The maximum Gasteiger partial charge on any atom is 0.267 e. The van der Waals surface area contributed by atoms with Gasteiger partial charge >= 0.3 is 0 Å². The Kier molecular flexibility index (Phi) is 6.08. The van der Waals surface area contributed by atoms with Crippen molar-refractivity contribution in [2.24, 2.45) is 5.92 Å². The number of ether oxygens (including phenoxy) is 1. The number of nitrogens with two attached hydrogens (primary N) is 1. The smallest absolute Gasteiger partial charge is 0.267 e. The van der Waals surface area contributed by atoms with Gasteiger partial charge in [-0.25, -0.2) is 14.5 Å². The average Bonchev–Trinajstić information content (AvgIpc) is 2.82. The Bertz CT molecular complexity index is 1380. The van der Waals surface area contributed by atoms with Crippen molar-refractivity contribution in [3.63, 3.8) is 0 Å². The number of nitrogen functional groups attached to an aromatic ring is 1. The Hall–Kier alpha value is -4.20. The van der Waals surface area contributed by atoms with Gasteiger partial charge in [-0.3, -0.25) is 9.59 Å². The Morgan fingerprint density at radius 1 is 1.12 bits per heavy atom. The summed E-state index contributed by atoms with van der Waals surface area (Å²) in [5, 5.41) is 3.30. The van der Waals surface area contributed by atoms with Crippen LogP contribution in [0.3, 0.4) is 0 Å². The molecule has 0 aliphatic heterocycles. The number of hydrogen-bond acceptors (Lipinski definition) is 6. The highest BCUT2D eigenvalue weighted by molar-refractivity contribution is 5.98. The van der Waals surface area contributed by atoms with Crippen LogP contribution in [0.25, 0.3) is 27.7 Å². The van der Waals surface area contributed by atoms with Crippen LogP contribution >= 0.6 is 0 Å². The normalized spacial score (nSPS) is 11.0. The molecule has 2 aromatic heterocycles. The van der Waals surface area contributed by atoms with Crippen LogP contribution in [0.4, 0.5) is 5.95 Å². The predicted octanol–water partition coefficient (Wildman–Crippen LogP) is 3.42. The number of rotatable bonds is 6. The summed E-state index contributed by atoms with van der Waals surface area (Å²) < 4.78 is 6.66. The second-order valence-corrected chi connectivity index (χ2v) is 8.06. The Morgan fingerprint density at radius 2 is 1.88 bits per heavy atom. The van der Waals surface area contributed by atoms with Gasteiger partial charge in [0.2, 0.25) is 11.8 Å². The Morgan fingerprint density at radius 3 is 2.58 bits per heavy atom. The largest absolute Gasteiger partial charge is 0.480 e. The van der Waals surface area contributed by atoms with Gasteiger partial charge in [0.1, 0.15) is 5.56 Å². The first kappa shape index (κ1) is 22.0. The summed E-state index contributed by atoms with van der Waals surface area (Å²) in [5.74, 6) is 0.392. The van der Waals surface area contributed by atoms with Crippen LogP contribution in [0, 0.1) is 5.92 Å². The van der Waals surface area contributed by atoms with Gasteiger partial charge in [0, 0.05) is 18.3 Å². The predicted molar refractivity (Wildman–Crippen MR) is 129 cm³/mol. The van der Waals surface area contributed by atoms with E-state index in [0.29, 0.717) is 40.2 Å². The van der Waals surface area contributed by atoms with E-state index >= 15 is 0 Å². The highest BCUT2D eigenvalue weighted by atomic mass is 16.5. The molecule has 168 valence electrons. The molecule has 2 aromatic carbocycles. The second-order valence-electron chi connectivity index (χ2n) is 8.06. The highest BCUT2D eigenvalue weighted by Crippen LogP contribution is 2.27. The van der Waals surface area contributed by atoms with Crippen molar-refractivity contribution in [1.82, 2.24) is 19.9 Å². The van der Waals surface area contributed by atoms with Crippen LogP contribution in [0.1, 0.15) is 24.2 Å². The van der Waals surface area contributed by atoms with E-state index in [1.54, 1.807) is 36.5 Å². The molecule has 4 rings (SSSR count). The molecule has 0 unspecified atom stereocenters. The van der Waals surface area contributed by atoms with Crippen molar-refractivity contribution in [2.45, 2.75) is 13.8 Å². The lowest BCUT2D eigenvalue weighted by atomic mass is 10.0. The fourth-order valence-corrected chi connectivity index (χ4v) is 3.54. The van der Waals surface area contributed by atoms with Gasteiger partial charge < -0.3 is 15.8 Å². The first-order chi connectivity index (χ1) is 15.9. The van der Waals surface area contributed by atoms with Crippen molar-refractivity contribution >= 4 is 22.8 Å². The van der Waals surface area contributed by atoms with Crippen LogP contribution in [-0.4, -0.2) is 34.1 Å². The molecule has 33 heavy (non-hydrogen) atoms. The van der Waals surface area contributed by atoms with E-state index in [4.69, 9.17) is 10.5 Å². The molecule has 0 spiro atoms. The van der Waals surface area contributed by atoms with Gasteiger partial charge in [0.25, 0.3) is 11.5 Å². The molecular weight excluding hydrogens is 418 g/mol. The third kappa shape index (κ3) is 4.41. The van der Waals surface area contributed by atoms with Gasteiger partial charge in [0.05, 0.1) is 23.7 Å². The van der Waals surface area contributed by atoms with Crippen LogP contribution in [0.15, 0.2) is 65.6 Å². The first-order valence-electron chi connectivity index (χ1n) is 10.6. The molecule has 4 aromatic rings. The Labute approximate surface area is 191 Å². The second kappa shape index (κ2) is 9.12. The lowest BCUT2D eigenvalue weighted by molar-refractivity contribution is 0.0945. The minimum absolute atomic E-state index is 0.113. The van der Waals surface area contributed by atoms with Gasteiger partial charge in [-0.05, 0) is 41.8 Å². The van der Waals surface area contributed by atoms with Crippen LogP contribution in [0.5, 0.6) is 5.88 Å². The topological polar surface area (TPSA) is 112 Å². The van der Waals surface area contributed by atoms with Crippen molar-refractivity contribution in [3.8, 4) is 22.7 Å². The van der Waals surface area contributed by atoms with E-state index in [-0.39, 0.29) is 23.3 Å². The fourth-order valence-electron chi connectivity index (χ4n) is 3.54. The van der Waals surface area contributed by atoms with Crippen LogP contribution < -0.4 is 21.3 Å². The molecule has 0 atom stereocenters. The highest BCUT2D eigenvalue weighted by Gasteiger charge is 2.17. The monoisotopic (exact) mass is 443 g/mol. The molecule has 1 amide bonds. The lowest BCUT2D eigenvalue weighted by Crippen LogP contribution is -2.27. The molecule has 0 radical (unpaired) electrons. The van der Waals surface area contributed by atoms with E-state index in [1.807, 2.05) is 38.1 Å². The van der Waals surface area contributed by atoms with E-state index in [9.17, 15) is 9.59 Å². The number of nitrogens with zero attached hydrogens (tertiary/aromatic N) is 3. The molecule has 0 fully saturated rings. The molecular formula is C25H25N5O3. The zero-order chi connectivity index (χ0) is 23.5. The lowest BCUT2D eigenvalue weighted by Gasteiger charge is -2.13. The summed E-state index contributed by atoms with van der Waals surface area (Å²) in [6, 6.07) is 16.1. The summed E-state index contributed by atoms with van der Waals surface area (Å²) in [6.07, 6.45) is 1.61. The number of para-hydroxylation sites is 1. The number of aromatic nitrogens is 3. The van der Waals surface area contributed by atoms with Crippen molar-refractivity contribution in [2.75, 3.05) is 19.4 Å². The maximum atomic E-state index is 13.3. The third-order valence-corrected chi connectivity index (χ3v) is 5.20. The quantitative estimate of drug-likeness (QED) is 0.472. The van der Waals surface area contributed by atoms with E-state index in [0.717, 1.165) is 5.56 Å². The molecule has 8 nitrogen and oxygen atoms in total. The van der Waals surface area contributed by atoms with Gasteiger partial charge in [-0.1, -0.05) is 38.1 Å². The van der Waals surface area contributed by atoms with E-state index < -0.39 is 0 Å². The zero-order valence-electron chi connectivity index (χ0n) is 18.7. The number of pyridine rings is 1. The number of amides is 1. The van der Waals surface area contributed by atoms with Gasteiger partial charge in [-0.15, -0.1) is 0 Å². The zero-order valence-corrected chi connectivity index (χ0v) is 18.7. The molecule has 0 saturated heterocycles. The number of anilines is 1. The Balaban J connectivity index is 1.81.